The van der Waals surface area contributed by atoms with Crippen molar-refractivity contribution in [1.29, 1.82) is 0 Å². The molecule has 3 amide bonds. The van der Waals surface area contributed by atoms with E-state index in [1.165, 1.54) is 11.8 Å². The molecule has 0 saturated carbocycles. The van der Waals surface area contributed by atoms with Crippen LogP contribution < -0.4 is 16.4 Å². The average Bonchev–Trinajstić information content (AvgIpc) is 3.44. The summed E-state index contributed by atoms with van der Waals surface area (Å²) in [7, 11) is 0. The number of aromatic nitrogens is 1. The van der Waals surface area contributed by atoms with Gasteiger partial charge in [0.1, 0.15) is 18.1 Å². The Morgan fingerprint density at radius 3 is 2.51 bits per heavy atom. The van der Waals surface area contributed by atoms with Gasteiger partial charge in [0.15, 0.2) is 0 Å². The summed E-state index contributed by atoms with van der Waals surface area (Å²) in [5, 5.41) is 24.0. The highest BCUT2D eigenvalue weighted by molar-refractivity contribution is 5.95. The fourth-order valence-corrected chi connectivity index (χ4v) is 4.21. The Hall–Kier alpha value is -3.93. The van der Waals surface area contributed by atoms with Crippen molar-refractivity contribution in [3.8, 4) is 0 Å². The van der Waals surface area contributed by atoms with Crippen LogP contribution in [0.4, 0.5) is 0 Å². The van der Waals surface area contributed by atoms with Crippen molar-refractivity contribution in [2.75, 3.05) is 6.54 Å². The number of H-pyrrole nitrogens is 1. The van der Waals surface area contributed by atoms with Crippen LogP contribution in [0.2, 0.25) is 0 Å². The number of para-hydroxylation sites is 1. The fourth-order valence-electron chi connectivity index (χ4n) is 4.21. The molecule has 3 rings (SSSR count). The van der Waals surface area contributed by atoms with Crippen LogP contribution in [0, 0.1) is 0 Å². The highest BCUT2D eigenvalue weighted by atomic mass is 16.4. The van der Waals surface area contributed by atoms with Crippen LogP contribution in [0.3, 0.4) is 0 Å². The van der Waals surface area contributed by atoms with E-state index < -0.39 is 54.3 Å². The number of aliphatic carboxylic acids is 2. The van der Waals surface area contributed by atoms with Crippen molar-refractivity contribution >= 4 is 40.6 Å². The van der Waals surface area contributed by atoms with Gasteiger partial charge in [0.05, 0.1) is 12.5 Å². The Bertz CT molecular complexity index is 1130. The van der Waals surface area contributed by atoms with Crippen molar-refractivity contribution in [1.82, 2.24) is 20.5 Å². The summed E-state index contributed by atoms with van der Waals surface area (Å²) in [5.74, 6) is -4.71. The Kier molecular flexibility index (Phi) is 8.07. The molecule has 7 N–H and O–H groups in total. The molecule has 1 saturated heterocycles. The first-order chi connectivity index (χ1) is 16.6. The topological polar surface area (TPSA) is 195 Å². The second-order valence-electron chi connectivity index (χ2n) is 8.60. The smallest absolute Gasteiger partial charge is 0.326 e. The van der Waals surface area contributed by atoms with Gasteiger partial charge in [0.2, 0.25) is 17.7 Å². The van der Waals surface area contributed by atoms with Gasteiger partial charge in [0, 0.05) is 30.1 Å². The molecule has 0 spiro atoms. The Labute approximate surface area is 200 Å². The van der Waals surface area contributed by atoms with E-state index in [-0.39, 0.29) is 12.3 Å². The number of carbonyl (C=O) groups is 5. The molecule has 188 valence electrons. The molecule has 2 aromatic rings. The maximum atomic E-state index is 13.1. The molecule has 1 fully saturated rings. The van der Waals surface area contributed by atoms with E-state index in [0.29, 0.717) is 24.9 Å². The molecule has 2 heterocycles. The second-order valence-corrected chi connectivity index (χ2v) is 8.60. The molecule has 1 aliphatic rings. The first-order valence-electron chi connectivity index (χ1n) is 11.2. The quantitative estimate of drug-likeness (QED) is 0.260. The summed E-state index contributed by atoms with van der Waals surface area (Å²) in [5.41, 5.74) is 7.21. The van der Waals surface area contributed by atoms with Crippen LogP contribution in [0.5, 0.6) is 0 Å². The fraction of sp³-hybridized carbons (Fsp3) is 0.435. The maximum absolute atomic E-state index is 13.1. The zero-order valence-electron chi connectivity index (χ0n) is 19.2. The number of nitrogens with one attached hydrogen (secondary N) is 3. The summed E-state index contributed by atoms with van der Waals surface area (Å²) in [6.07, 6.45) is 1.85. The first kappa shape index (κ1) is 25.7. The van der Waals surface area contributed by atoms with Crippen molar-refractivity contribution in [2.45, 2.75) is 56.8 Å². The number of rotatable bonds is 10. The highest BCUT2D eigenvalue weighted by Gasteiger charge is 2.37. The first-order valence-corrected chi connectivity index (χ1v) is 11.2. The molecule has 1 aromatic heterocycles. The number of carboxylic acid groups (broad SMARTS) is 2. The molecule has 12 heteroatoms. The van der Waals surface area contributed by atoms with E-state index in [0.717, 1.165) is 10.9 Å². The molecule has 0 bridgehead atoms. The Balaban J connectivity index is 1.84. The van der Waals surface area contributed by atoms with E-state index in [1.807, 2.05) is 24.3 Å². The zero-order chi connectivity index (χ0) is 25.7. The summed E-state index contributed by atoms with van der Waals surface area (Å²) in [6, 6.07) is 2.83. The lowest BCUT2D eigenvalue weighted by atomic mass is 10.0. The third-order valence-electron chi connectivity index (χ3n) is 5.95. The number of fused-ring (bicyclic) bond motifs is 1. The largest absolute Gasteiger partial charge is 0.481 e. The van der Waals surface area contributed by atoms with Crippen molar-refractivity contribution < 1.29 is 34.2 Å². The Morgan fingerprint density at radius 1 is 1.14 bits per heavy atom. The van der Waals surface area contributed by atoms with Gasteiger partial charge in [-0.2, -0.15) is 0 Å². The van der Waals surface area contributed by atoms with Gasteiger partial charge in [-0.25, -0.2) is 4.79 Å². The lowest BCUT2D eigenvalue weighted by Gasteiger charge is -2.28. The van der Waals surface area contributed by atoms with Crippen LogP contribution in [-0.2, 0) is 30.4 Å². The predicted octanol–water partition coefficient (Wildman–Crippen LogP) is -0.422. The van der Waals surface area contributed by atoms with Crippen molar-refractivity contribution in [3.63, 3.8) is 0 Å². The van der Waals surface area contributed by atoms with Crippen LogP contribution in [-0.4, -0.2) is 80.5 Å². The molecule has 1 aromatic carbocycles. The summed E-state index contributed by atoms with van der Waals surface area (Å²) >= 11 is 0. The number of carbonyl (C=O) groups excluding carboxylic acids is 3. The molecular formula is C23H29N5O7. The Morgan fingerprint density at radius 2 is 1.86 bits per heavy atom. The number of carboxylic acids is 2. The van der Waals surface area contributed by atoms with E-state index in [4.69, 9.17) is 10.8 Å². The highest BCUT2D eigenvalue weighted by Crippen LogP contribution is 2.21. The summed E-state index contributed by atoms with van der Waals surface area (Å²) in [6.45, 7) is 1.88. The number of amides is 3. The van der Waals surface area contributed by atoms with Gasteiger partial charge in [-0.1, -0.05) is 18.2 Å². The third kappa shape index (κ3) is 6.15. The SMILES string of the molecule is CC(N)C(=O)N1CCCC1C(=O)NC(Cc1c[nH]c2ccccc12)C(=O)NC(CC(=O)O)C(=O)O. The van der Waals surface area contributed by atoms with E-state index in [1.54, 1.807) is 6.20 Å². The molecule has 4 unspecified atom stereocenters. The van der Waals surface area contributed by atoms with Crippen molar-refractivity contribution in [2.24, 2.45) is 5.73 Å². The molecule has 12 nitrogen and oxygen atoms in total. The normalized spacial score (nSPS) is 18.0. The molecule has 4 atom stereocenters. The van der Waals surface area contributed by atoms with Crippen LogP contribution >= 0.6 is 0 Å². The van der Waals surface area contributed by atoms with E-state index in [2.05, 4.69) is 15.6 Å². The third-order valence-corrected chi connectivity index (χ3v) is 5.95. The van der Waals surface area contributed by atoms with Gasteiger partial charge in [-0.05, 0) is 31.4 Å². The van der Waals surface area contributed by atoms with Crippen LogP contribution in [0.1, 0.15) is 31.7 Å². The van der Waals surface area contributed by atoms with E-state index in [9.17, 15) is 29.1 Å². The van der Waals surface area contributed by atoms with Gasteiger partial charge < -0.3 is 36.5 Å². The van der Waals surface area contributed by atoms with Crippen LogP contribution in [0.25, 0.3) is 10.9 Å². The minimum atomic E-state index is -1.68. The van der Waals surface area contributed by atoms with Gasteiger partial charge in [-0.3, -0.25) is 19.2 Å². The summed E-state index contributed by atoms with van der Waals surface area (Å²) in [4.78, 5) is 65.6. The minimum Gasteiger partial charge on any atom is -0.481 e. The number of nitrogens with two attached hydrogens (primary N) is 1. The number of nitrogens with zero attached hydrogens (tertiary/aromatic N) is 1. The van der Waals surface area contributed by atoms with Gasteiger partial charge in [-0.15, -0.1) is 0 Å². The van der Waals surface area contributed by atoms with Gasteiger partial charge >= 0.3 is 11.9 Å². The zero-order valence-corrected chi connectivity index (χ0v) is 19.2. The predicted molar refractivity (Wildman–Crippen MR) is 124 cm³/mol. The van der Waals surface area contributed by atoms with Crippen LogP contribution in [0.15, 0.2) is 30.5 Å². The molecule has 0 radical (unpaired) electrons. The number of benzene rings is 1. The average molecular weight is 488 g/mol. The summed E-state index contributed by atoms with van der Waals surface area (Å²) < 4.78 is 0. The monoisotopic (exact) mass is 487 g/mol. The lowest BCUT2D eigenvalue weighted by molar-refractivity contribution is -0.147. The maximum Gasteiger partial charge on any atom is 0.326 e. The number of aromatic amines is 1. The number of hydrogen-bond donors (Lipinski definition) is 6. The lowest BCUT2D eigenvalue weighted by Crippen LogP contribution is -2.57. The number of hydrogen-bond acceptors (Lipinski definition) is 6. The standard InChI is InChI=1S/C23H29N5O7/c1-12(24)22(33)28-8-4-7-18(28)21(32)26-16(20(31)27-17(23(34)35)10-19(29)30)9-13-11-25-15-6-3-2-5-14(13)15/h2-3,5-6,11-12,16-18,25H,4,7-10,24H2,1H3,(H,26,32)(H,27,31)(H,29,30)(H,34,35). The molecular weight excluding hydrogens is 458 g/mol. The number of likely N-dealkylation sites (tertiary alicyclic amines) is 1. The van der Waals surface area contributed by atoms with E-state index >= 15 is 0 Å². The van der Waals surface area contributed by atoms with Crippen molar-refractivity contribution in [3.05, 3.63) is 36.0 Å². The molecule has 0 aliphatic carbocycles. The molecule has 35 heavy (non-hydrogen) atoms. The minimum absolute atomic E-state index is 0.00888. The van der Waals surface area contributed by atoms with Gasteiger partial charge in [0.25, 0.3) is 0 Å². The second kappa shape index (κ2) is 11.0. The molecule has 1 aliphatic heterocycles.